The van der Waals surface area contributed by atoms with Crippen molar-refractivity contribution in [2.75, 3.05) is 39.4 Å². The minimum Gasteiger partial charge on any atom is -0.467 e. The van der Waals surface area contributed by atoms with E-state index in [1.165, 1.54) is 0 Å². The Labute approximate surface area is 171 Å². The molecule has 0 saturated carbocycles. The van der Waals surface area contributed by atoms with E-state index in [0.717, 1.165) is 51.4 Å². The zero-order valence-electron chi connectivity index (χ0n) is 16.6. The first kappa shape index (κ1) is 20.9. The van der Waals surface area contributed by atoms with Gasteiger partial charge in [-0.15, -0.1) is 0 Å². The molecule has 8 heteroatoms. The van der Waals surface area contributed by atoms with Gasteiger partial charge in [0.05, 0.1) is 32.6 Å². The van der Waals surface area contributed by atoms with Gasteiger partial charge in [-0.1, -0.05) is 12.1 Å². The van der Waals surface area contributed by atoms with Gasteiger partial charge in [0.15, 0.2) is 5.96 Å². The highest BCUT2D eigenvalue weighted by molar-refractivity contribution is 5.94. The molecule has 0 bridgehead atoms. The topological polar surface area (TPSA) is 105 Å². The summed E-state index contributed by atoms with van der Waals surface area (Å²) < 4.78 is 10.6. The number of carbonyl (C=O) groups excluding carboxylic acids is 1. The fourth-order valence-electron chi connectivity index (χ4n) is 3.07. The molecule has 29 heavy (non-hydrogen) atoms. The molecule has 2 heterocycles. The second-order valence-electron chi connectivity index (χ2n) is 6.90. The SMILES string of the molecule is NC(=NCc1cccc(C(=O)NCc2ccco2)c1)NCCCN1CCOCC1. The summed E-state index contributed by atoms with van der Waals surface area (Å²) in [5.41, 5.74) is 7.47. The van der Waals surface area contributed by atoms with Gasteiger partial charge in [-0.2, -0.15) is 0 Å². The van der Waals surface area contributed by atoms with Crippen molar-refractivity contribution in [2.45, 2.75) is 19.5 Å². The van der Waals surface area contributed by atoms with Gasteiger partial charge < -0.3 is 25.5 Å². The second-order valence-corrected chi connectivity index (χ2v) is 6.90. The Balaban J connectivity index is 1.39. The molecule has 0 spiro atoms. The number of ether oxygens (including phenoxy) is 1. The molecule has 8 nitrogen and oxygen atoms in total. The summed E-state index contributed by atoms with van der Waals surface area (Å²) in [5, 5.41) is 5.98. The molecule has 1 aliphatic heterocycles. The number of nitrogens with one attached hydrogen (secondary N) is 2. The van der Waals surface area contributed by atoms with Crippen LogP contribution in [0.15, 0.2) is 52.1 Å². The molecule has 1 aromatic carbocycles. The van der Waals surface area contributed by atoms with Crippen molar-refractivity contribution < 1.29 is 13.9 Å². The maximum absolute atomic E-state index is 12.3. The van der Waals surface area contributed by atoms with Crippen LogP contribution in [0.4, 0.5) is 0 Å². The molecule has 1 aromatic heterocycles. The first-order chi connectivity index (χ1) is 14.2. The molecule has 156 valence electrons. The third kappa shape index (κ3) is 7.24. The van der Waals surface area contributed by atoms with Crippen LogP contribution >= 0.6 is 0 Å². The first-order valence-corrected chi connectivity index (χ1v) is 9.94. The van der Waals surface area contributed by atoms with Crippen LogP contribution < -0.4 is 16.4 Å². The van der Waals surface area contributed by atoms with E-state index in [0.29, 0.717) is 30.4 Å². The largest absolute Gasteiger partial charge is 0.467 e. The van der Waals surface area contributed by atoms with Crippen molar-refractivity contribution >= 4 is 11.9 Å². The zero-order valence-corrected chi connectivity index (χ0v) is 16.6. The molecular weight excluding hydrogens is 370 g/mol. The van der Waals surface area contributed by atoms with Gasteiger partial charge in [0, 0.05) is 25.2 Å². The standard InChI is InChI=1S/C21H29N5O3/c22-21(23-7-3-8-26-9-12-28-13-10-26)25-15-17-4-1-5-18(14-17)20(27)24-16-19-6-2-11-29-19/h1-2,4-6,11,14H,3,7-10,12-13,15-16H2,(H,24,27)(H3,22,23,25). The highest BCUT2D eigenvalue weighted by Crippen LogP contribution is 2.08. The normalized spacial score (nSPS) is 15.2. The number of aliphatic imine (C=N–C) groups is 1. The van der Waals surface area contributed by atoms with Crippen molar-refractivity contribution in [1.82, 2.24) is 15.5 Å². The molecular formula is C21H29N5O3. The summed E-state index contributed by atoms with van der Waals surface area (Å²) in [6.07, 6.45) is 2.59. The molecule has 0 atom stereocenters. The van der Waals surface area contributed by atoms with Gasteiger partial charge in [-0.05, 0) is 42.8 Å². The van der Waals surface area contributed by atoms with E-state index < -0.39 is 0 Å². The molecule has 1 amide bonds. The summed E-state index contributed by atoms with van der Waals surface area (Å²) in [4.78, 5) is 19.1. The van der Waals surface area contributed by atoms with Crippen molar-refractivity contribution in [3.8, 4) is 0 Å². The third-order valence-corrected chi connectivity index (χ3v) is 4.69. The number of benzene rings is 1. The highest BCUT2D eigenvalue weighted by atomic mass is 16.5. The lowest BCUT2D eigenvalue weighted by Gasteiger charge is -2.26. The van der Waals surface area contributed by atoms with Crippen LogP contribution in [-0.2, 0) is 17.8 Å². The molecule has 2 aromatic rings. The number of morpholine rings is 1. The number of amides is 1. The predicted octanol–water partition coefficient (Wildman–Crippen LogP) is 1.34. The Kier molecular flexibility index (Phi) is 8.09. The lowest BCUT2D eigenvalue weighted by molar-refractivity contribution is 0.0376. The maximum atomic E-state index is 12.3. The van der Waals surface area contributed by atoms with Gasteiger partial charge in [0.2, 0.25) is 0 Å². The molecule has 1 saturated heterocycles. The smallest absolute Gasteiger partial charge is 0.251 e. The predicted molar refractivity (Wildman–Crippen MR) is 112 cm³/mol. The van der Waals surface area contributed by atoms with Crippen molar-refractivity contribution in [1.29, 1.82) is 0 Å². The number of rotatable bonds is 9. The minimum atomic E-state index is -0.151. The average molecular weight is 399 g/mol. The molecule has 0 radical (unpaired) electrons. The summed E-state index contributed by atoms with van der Waals surface area (Å²) in [5.74, 6) is 0.979. The van der Waals surface area contributed by atoms with E-state index in [4.69, 9.17) is 14.9 Å². The number of hydrogen-bond acceptors (Lipinski definition) is 5. The summed E-state index contributed by atoms with van der Waals surface area (Å²) in [6.45, 7) is 6.20. The van der Waals surface area contributed by atoms with Crippen LogP contribution in [-0.4, -0.2) is 56.2 Å². The molecule has 3 rings (SSSR count). The third-order valence-electron chi connectivity index (χ3n) is 4.69. The van der Waals surface area contributed by atoms with Crippen LogP contribution in [0, 0.1) is 0 Å². The fourth-order valence-corrected chi connectivity index (χ4v) is 3.07. The van der Waals surface area contributed by atoms with E-state index in [1.54, 1.807) is 18.4 Å². The van der Waals surface area contributed by atoms with E-state index in [-0.39, 0.29) is 5.91 Å². The Morgan fingerprint density at radius 3 is 2.83 bits per heavy atom. The summed E-state index contributed by atoms with van der Waals surface area (Å²) >= 11 is 0. The van der Waals surface area contributed by atoms with Crippen molar-refractivity contribution in [3.05, 3.63) is 59.5 Å². The van der Waals surface area contributed by atoms with Gasteiger partial charge >= 0.3 is 0 Å². The Morgan fingerprint density at radius 2 is 2.03 bits per heavy atom. The van der Waals surface area contributed by atoms with E-state index in [9.17, 15) is 4.79 Å². The van der Waals surface area contributed by atoms with Crippen LogP contribution in [0.5, 0.6) is 0 Å². The second kappa shape index (κ2) is 11.2. The molecule has 4 N–H and O–H groups in total. The Bertz CT molecular complexity index is 785. The van der Waals surface area contributed by atoms with Gasteiger partial charge in [-0.25, -0.2) is 4.99 Å². The summed E-state index contributed by atoms with van der Waals surface area (Å²) in [6, 6.07) is 11.0. The van der Waals surface area contributed by atoms with E-state index in [2.05, 4.69) is 20.5 Å². The molecule has 1 fully saturated rings. The molecule has 1 aliphatic rings. The van der Waals surface area contributed by atoms with Crippen LogP contribution in [0.2, 0.25) is 0 Å². The maximum Gasteiger partial charge on any atom is 0.251 e. The van der Waals surface area contributed by atoms with Gasteiger partial charge in [0.25, 0.3) is 5.91 Å². The van der Waals surface area contributed by atoms with E-state index >= 15 is 0 Å². The monoisotopic (exact) mass is 399 g/mol. The quantitative estimate of drug-likeness (QED) is 0.334. The molecule has 0 aliphatic carbocycles. The summed E-state index contributed by atoms with van der Waals surface area (Å²) in [7, 11) is 0. The number of carbonyl (C=O) groups is 1. The minimum absolute atomic E-state index is 0.151. The zero-order chi connectivity index (χ0) is 20.3. The number of nitrogens with two attached hydrogens (primary N) is 1. The van der Waals surface area contributed by atoms with Crippen LogP contribution in [0.25, 0.3) is 0 Å². The van der Waals surface area contributed by atoms with Crippen molar-refractivity contribution in [2.24, 2.45) is 10.7 Å². The van der Waals surface area contributed by atoms with Gasteiger partial charge in [0.1, 0.15) is 5.76 Å². The first-order valence-electron chi connectivity index (χ1n) is 9.94. The molecule has 0 unspecified atom stereocenters. The van der Waals surface area contributed by atoms with E-state index in [1.807, 2.05) is 24.3 Å². The average Bonchev–Trinajstić information content (AvgIpc) is 3.28. The van der Waals surface area contributed by atoms with Crippen LogP contribution in [0.3, 0.4) is 0 Å². The van der Waals surface area contributed by atoms with Gasteiger partial charge in [-0.3, -0.25) is 9.69 Å². The number of guanidine groups is 1. The van der Waals surface area contributed by atoms with Crippen LogP contribution in [0.1, 0.15) is 28.1 Å². The number of nitrogens with zero attached hydrogens (tertiary/aromatic N) is 2. The lowest BCUT2D eigenvalue weighted by atomic mass is 10.1. The number of hydrogen-bond donors (Lipinski definition) is 3. The highest BCUT2D eigenvalue weighted by Gasteiger charge is 2.09. The lowest BCUT2D eigenvalue weighted by Crippen LogP contribution is -2.39. The van der Waals surface area contributed by atoms with Crippen molar-refractivity contribution in [3.63, 3.8) is 0 Å². The fraction of sp³-hybridized carbons (Fsp3) is 0.429. The Morgan fingerprint density at radius 1 is 1.17 bits per heavy atom. The number of furan rings is 1. The Hall–Kier alpha value is -2.84.